The Bertz CT molecular complexity index is 794. The minimum Gasteiger partial charge on any atom is -0.322 e. The number of nitro benzene ring substituents is 1. The molecule has 2 unspecified atom stereocenters. The molecule has 2 aromatic rings. The number of Topliss-reactive ketones (excluding diaryl/α,β-unsaturated/α-hetero) is 1. The molecule has 0 heterocycles. The van der Waals surface area contributed by atoms with Crippen LogP contribution in [0.3, 0.4) is 0 Å². The summed E-state index contributed by atoms with van der Waals surface area (Å²) in [5.74, 6) is -0.567. The quantitative estimate of drug-likeness (QED) is 0.488. The first-order valence-electron chi connectivity index (χ1n) is 7.09. The number of carbonyl (C=O) groups excluding carboxylic acids is 1. The summed E-state index contributed by atoms with van der Waals surface area (Å²) in [6, 6.07) is 7.13. The largest absolute Gasteiger partial charge is 0.416 e. The first kappa shape index (κ1) is 18.6. The van der Waals surface area contributed by atoms with E-state index in [1.165, 1.54) is 12.1 Å². The molecular formula is C16H14F3N3O3. The van der Waals surface area contributed by atoms with Crippen LogP contribution in [0.15, 0.2) is 48.5 Å². The predicted molar refractivity (Wildman–Crippen MR) is 83.8 cm³/mol. The van der Waals surface area contributed by atoms with E-state index < -0.39 is 40.2 Å². The van der Waals surface area contributed by atoms with Crippen molar-refractivity contribution in [3.05, 3.63) is 75.3 Å². The Labute approximate surface area is 140 Å². The van der Waals surface area contributed by atoms with E-state index in [-0.39, 0.29) is 11.1 Å². The zero-order valence-electron chi connectivity index (χ0n) is 12.7. The fraction of sp³-hybridized carbons (Fsp3) is 0.188. The van der Waals surface area contributed by atoms with Crippen LogP contribution in [-0.2, 0) is 6.18 Å². The number of ketones is 1. The van der Waals surface area contributed by atoms with Gasteiger partial charge in [0.25, 0.3) is 5.69 Å². The average Bonchev–Trinajstić information content (AvgIpc) is 2.59. The van der Waals surface area contributed by atoms with Crippen molar-refractivity contribution in [2.24, 2.45) is 11.5 Å². The summed E-state index contributed by atoms with van der Waals surface area (Å²) in [6.45, 7) is 0. The smallest absolute Gasteiger partial charge is 0.322 e. The molecule has 0 saturated carbocycles. The molecule has 0 radical (unpaired) electrons. The van der Waals surface area contributed by atoms with Crippen LogP contribution in [0.5, 0.6) is 0 Å². The maximum absolute atomic E-state index is 12.7. The van der Waals surface area contributed by atoms with Crippen molar-refractivity contribution < 1.29 is 22.9 Å². The molecule has 4 N–H and O–H groups in total. The Kier molecular flexibility index (Phi) is 5.19. The van der Waals surface area contributed by atoms with Gasteiger partial charge in [0.15, 0.2) is 5.78 Å². The van der Waals surface area contributed by atoms with Gasteiger partial charge in [0, 0.05) is 17.2 Å². The highest BCUT2D eigenvalue weighted by atomic mass is 19.4. The van der Waals surface area contributed by atoms with Gasteiger partial charge in [0.05, 0.1) is 22.6 Å². The molecule has 0 fully saturated rings. The Hall–Kier alpha value is -2.78. The Morgan fingerprint density at radius 1 is 1.08 bits per heavy atom. The third-order valence-corrected chi connectivity index (χ3v) is 3.66. The molecule has 0 aromatic heterocycles. The van der Waals surface area contributed by atoms with Gasteiger partial charge in [-0.05, 0) is 12.1 Å². The highest BCUT2D eigenvalue weighted by Crippen LogP contribution is 2.35. The first-order valence-corrected chi connectivity index (χ1v) is 7.09. The van der Waals surface area contributed by atoms with Gasteiger partial charge < -0.3 is 11.5 Å². The Morgan fingerprint density at radius 3 is 2.20 bits per heavy atom. The molecular weight excluding hydrogens is 339 g/mol. The number of hydrogen-bond acceptors (Lipinski definition) is 5. The van der Waals surface area contributed by atoms with Gasteiger partial charge in [0.2, 0.25) is 0 Å². The monoisotopic (exact) mass is 353 g/mol. The lowest BCUT2D eigenvalue weighted by Crippen LogP contribution is -2.41. The van der Waals surface area contributed by atoms with E-state index in [0.717, 1.165) is 6.07 Å². The van der Waals surface area contributed by atoms with Crippen molar-refractivity contribution in [2.75, 3.05) is 0 Å². The molecule has 0 amide bonds. The lowest BCUT2D eigenvalue weighted by atomic mass is 9.92. The summed E-state index contributed by atoms with van der Waals surface area (Å²) in [6.07, 6.45) is -4.74. The molecule has 2 aromatic carbocycles. The first-order chi connectivity index (χ1) is 11.6. The Balaban J connectivity index is 2.39. The molecule has 2 rings (SSSR count). The van der Waals surface area contributed by atoms with Gasteiger partial charge in [-0.25, -0.2) is 0 Å². The van der Waals surface area contributed by atoms with Crippen LogP contribution < -0.4 is 11.5 Å². The van der Waals surface area contributed by atoms with E-state index in [4.69, 9.17) is 11.5 Å². The highest BCUT2D eigenvalue weighted by Gasteiger charge is 2.35. The summed E-state index contributed by atoms with van der Waals surface area (Å²) in [7, 11) is 0. The fourth-order valence-corrected chi connectivity index (χ4v) is 2.31. The van der Waals surface area contributed by atoms with Crippen LogP contribution >= 0.6 is 0 Å². The van der Waals surface area contributed by atoms with Gasteiger partial charge in [-0.2, -0.15) is 13.2 Å². The SMILES string of the molecule is NC(C(=O)c1ccccc1)C(N)c1ccc(C(F)(F)F)cc1[N+](=O)[O-]. The standard InChI is InChI=1S/C16H14F3N3O3/c17-16(18,19)10-6-7-11(12(8-10)22(24)25)13(20)14(21)15(23)9-4-2-1-3-5-9/h1-8,13-14H,20-21H2. The fourth-order valence-electron chi connectivity index (χ4n) is 2.31. The number of rotatable bonds is 5. The van der Waals surface area contributed by atoms with Crippen LogP contribution in [0.4, 0.5) is 18.9 Å². The summed E-state index contributed by atoms with van der Waals surface area (Å²) in [5, 5.41) is 11.1. The molecule has 132 valence electrons. The van der Waals surface area contributed by atoms with Crippen LogP contribution in [0, 0.1) is 10.1 Å². The molecule has 0 saturated heterocycles. The van der Waals surface area contributed by atoms with Gasteiger partial charge in [0.1, 0.15) is 0 Å². The summed E-state index contributed by atoms with van der Waals surface area (Å²) in [5.41, 5.74) is 9.63. The van der Waals surface area contributed by atoms with E-state index in [2.05, 4.69) is 0 Å². The topological polar surface area (TPSA) is 112 Å². The average molecular weight is 353 g/mol. The number of alkyl halides is 3. The van der Waals surface area contributed by atoms with E-state index in [0.29, 0.717) is 12.1 Å². The van der Waals surface area contributed by atoms with Crippen molar-refractivity contribution in [1.29, 1.82) is 0 Å². The van der Waals surface area contributed by atoms with Crippen molar-refractivity contribution in [3.63, 3.8) is 0 Å². The number of halogens is 3. The van der Waals surface area contributed by atoms with E-state index in [1.54, 1.807) is 18.2 Å². The minimum absolute atomic E-state index is 0.241. The second-order valence-corrected chi connectivity index (χ2v) is 5.31. The van der Waals surface area contributed by atoms with Crippen LogP contribution in [0.1, 0.15) is 27.5 Å². The maximum atomic E-state index is 12.7. The zero-order valence-corrected chi connectivity index (χ0v) is 12.7. The second kappa shape index (κ2) is 6.99. The van der Waals surface area contributed by atoms with E-state index in [9.17, 15) is 28.1 Å². The zero-order chi connectivity index (χ0) is 18.8. The molecule has 0 aliphatic heterocycles. The molecule has 0 aliphatic rings. The summed E-state index contributed by atoms with van der Waals surface area (Å²) < 4.78 is 38.2. The van der Waals surface area contributed by atoms with E-state index >= 15 is 0 Å². The molecule has 9 heteroatoms. The van der Waals surface area contributed by atoms with Gasteiger partial charge >= 0.3 is 6.18 Å². The van der Waals surface area contributed by atoms with Gasteiger partial charge in [-0.3, -0.25) is 14.9 Å². The van der Waals surface area contributed by atoms with Crippen LogP contribution in [0.25, 0.3) is 0 Å². The van der Waals surface area contributed by atoms with Crippen molar-refractivity contribution in [3.8, 4) is 0 Å². The number of nitrogens with zero attached hydrogens (tertiary/aromatic N) is 1. The molecule has 0 spiro atoms. The highest BCUT2D eigenvalue weighted by molar-refractivity contribution is 6.00. The van der Waals surface area contributed by atoms with Gasteiger partial charge in [-0.15, -0.1) is 0 Å². The number of nitro groups is 1. The lowest BCUT2D eigenvalue weighted by molar-refractivity contribution is -0.386. The van der Waals surface area contributed by atoms with Crippen molar-refractivity contribution in [1.82, 2.24) is 0 Å². The van der Waals surface area contributed by atoms with Crippen molar-refractivity contribution >= 4 is 11.5 Å². The molecule has 0 bridgehead atoms. The second-order valence-electron chi connectivity index (χ2n) is 5.31. The minimum atomic E-state index is -4.74. The number of nitrogens with two attached hydrogens (primary N) is 2. The summed E-state index contributed by atoms with van der Waals surface area (Å²) >= 11 is 0. The molecule has 0 aliphatic carbocycles. The predicted octanol–water partition coefficient (Wildman–Crippen LogP) is 2.82. The molecule has 2 atom stereocenters. The van der Waals surface area contributed by atoms with Crippen LogP contribution in [0.2, 0.25) is 0 Å². The summed E-state index contributed by atoms with van der Waals surface area (Å²) in [4.78, 5) is 22.5. The van der Waals surface area contributed by atoms with Crippen LogP contribution in [-0.4, -0.2) is 16.7 Å². The number of hydrogen-bond donors (Lipinski definition) is 2. The van der Waals surface area contributed by atoms with Crippen molar-refractivity contribution in [2.45, 2.75) is 18.3 Å². The third kappa shape index (κ3) is 4.01. The van der Waals surface area contributed by atoms with E-state index in [1.807, 2.05) is 0 Å². The van der Waals surface area contributed by atoms with Gasteiger partial charge in [-0.1, -0.05) is 30.3 Å². The third-order valence-electron chi connectivity index (χ3n) is 3.66. The number of benzene rings is 2. The Morgan fingerprint density at radius 2 is 1.68 bits per heavy atom. The molecule has 25 heavy (non-hydrogen) atoms. The maximum Gasteiger partial charge on any atom is 0.416 e. The lowest BCUT2D eigenvalue weighted by Gasteiger charge is -2.20. The normalized spacial score (nSPS) is 14.0. The number of carbonyl (C=O) groups is 1. The molecule has 6 nitrogen and oxygen atoms in total.